The molecule has 0 spiro atoms. The number of rotatable bonds is 4. The second-order valence-corrected chi connectivity index (χ2v) is 6.06. The van der Waals surface area contributed by atoms with Crippen molar-refractivity contribution in [1.29, 1.82) is 0 Å². The van der Waals surface area contributed by atoms with Crippen LogP contribution in [-0.4, -0.2) is 25.3 Å². The summed E-state index contributed by atoms with van der Waals surface area (Å²) in [4.78, 5) is 0. The zero-order chi connectivity index (χ0) is 12.9. The summed E-state index contributed by atoms with van der Waals surface area (Å²) in [5.74, 6) is 7.27. The van der Waals surface area contributed by atoms with Gasteiger partial charge in [0.15, 0.2) is 0 Å². The lowest BCUT2D eigenvalue weighted by atomic mass is 9.93. The summed E-state index contributed by atoms with van der Waals surface area (Å²) < 4.78 is 5.65. The standard InChI is InChI=1S/C15H27NO/c1-6-16-14(8-7-9-15(3,4)5)13-10-12(2)17-11-13/h12-14,16H,6,8,10-11H2,1-5H3. The van der Waals surface area contributed by atoms with Crippen molar-refractivity contribution in [2.24, 2.45) is 11.3 Å². The second kappa shape index (κ2) is 6.42. The molecule has 1 N–H and O–H groups in total. The molecule has 17 heavy (non-hydrogen) atoms. The molecule has 2 heteroatoms. The quantitative estimate of drug-likeness (QED) is 0.759. The van der Waals surface area contributed by atoms with Crippen molar-refractivity contribution in [2.45, 2.75) is 59.6 Å². The Hall–Kier alpha value is -0.520. The van der Waals surface area contributed by atoms with Crippen molar-refractivity contribution in [2.75, 3.05) is 13.2 Å². The van der Waals surface area contributed by atoms with E-state index in [-0.39, 0.29) is 5.41 Å². The van der Waals surface area contributed by atoms with Crippen LogP contribution in [-0.2, 0) is 4.74 Å². The minimum Gasteiger partial charge on any atom is -0.378 e. The Morgan fingerprint density at radius 3 is 2.59 bits per heavy atom. The average Bonchev–Trinajstić information content (AvgIpc) is 2.62. The summed E-state index contributed by atoms with van der Waals surface area (Å²) >= 11 is 0. The highest BCUT2D eigenvalue weighted by Crippen LogP contribution is 2.24. The fraction of sp³-hybridized carbons (Fsp3) is 0.867. The minimum absolute atomic E-state index is 0.107. The highest BCUT2D eigenvalue weighted by molar-refractivity contribution is 5.09. The molecule has 1 fully saturated rings. The highest BCUT2D eigenvalue weighted by atomic mass is 16.5. The molecule has 0 aliphatic carbocycles. The van der Waals surface area contributed by atoms with Crippen molar-refractivity contribution < 1.29 is 4.74 Å². The van der Waals surface area contributed by atoms with Crippen LogP contribution in [0.3, 0.4) is 0 Å². The van der Waals surface area contributed by atoms with E-state index < -0.39 is 0 Å². The lowest BCUT2D eigenvalue weighted by molar-refractivity contribution is 0.117. The monoisotopic (exact) mass is 237 g/mol. The van der Waals surface area contributed by atoms with Crippen LogP contribution in [0.15, 0.2) is 0 Å². The van der Waals surface area contributed by atoms with E-state index in [0.29, 0.717) is 18.1 Å². The topological polar surface area (TPSA) is 21.3 Å². The Kier molecular flexibility index (Phi) is 5.49. The molecule has 1 aliphatic heterocycles. The first-order valence-electron chi connectivity index (χ1n) is 6.77. The summed E-state index contributed by atoms with van der Waals surface area (Å²) in [6, 6.07) is 0.486. The van der Waals surface area contributed by atoms with E-state index in [1.807, 2.05) is 0 Å². The highest BCUT2D eigenvalue weighted by Gasteiger charge is 2.28. The van der Waals surface area contributed by atoms with Gasteiger partial charge in [0, 0.05) is 23.8 Å². The summed E-state index contributed by atoms with van der Waals surface area (Å²) in [6.07, 6.45) is 2.51. The van der Waals surface area contributed by atoms with Crippen molar-refractivity contribution in [1.82, 2.24) is 5.32 Å². The first kappa shape index (κ1) is 14.5. The van der Waals surface area contributed by atoms with Crippen molar-refractivity contribution in [3.05, 3.63) is 0 Å². The SMILES string of the molecule is CCNC(CC#CC(C)(C)C)C1COC(C)C1. The van der Waals surface area contributed by atoms with Gasteiger partial charge in [-0.15, -0.1) is 5.92 Å². The zero-order valence-corrected chi connectivity index (χ0v) is 12.0. The van der Waals surface area contributed by atoms with E-state index in [1.54, 1.807) is 0 Å². The molecule has 0 aromatic carbocycles. The largest absolute Gasteiger partial charge is 0.378 e. The normalized spacial score (nSPS) is 26.4. The molecule has 0 amide bonds. The van der Waals surface area contributed by atoms with E-state index >= 15 is 0 Å². The summed E-state index contributed by atoms with van der Waals surface area (Å²) in [6.45, 7) is 12.7. The molecule has 1 saturated heterocycles. The summed E-state index contributed by atoms with van der Waals surface area (Å²) in [5, 5.41) is 3.55. The van der Waals surface area contributed by atoms with Crippen molar-refractivity contribution >= 4 is 0 Å². The third kappa shape index (κ3) is 5.57. The number of hydrogen-bond acceptors (Lipinski definition) is 2. The van der Waals surface area contributed by atoms with Crippen LogP contribution in [0, 0.1) is 23.2 Å². The fourth-order valence-corrected chi connectivity index (χ4v) is 2.22. The number of hydrogen-bond donors (Lipinski definition) is 1. The van der Waals surface area contributed by atoms with E-state index in [2.05, 4.69) is 51.8 Å². The summed E-state index contributed by atoms with van der Waals surface area (Å²) in [7, 11) is 0. The van der Waals surface area contributed by atoms with Gasteiger partial charge in [0.2, 0.25) is 0 Å². The van der Waals surface area contributed by atoms with Crippen molar-refractivity contribution in [3.8, 4) is 11.8 Å². The van der Waals surface area contributed by atoms with Gasteiger partial charge in [-0.2, -0.15) is 0 Å². The van der Waals surface area contributed by atoms with Crippen LogP contribution in [0.25, 0.3) is 0 Å². The van der Waals surface area contributed by atoms with Crippen molar-refractivity contribution in [3.63, 3.8) is 0 Å². The molecule has 1 aliphatic rings. The van der Waals surface area contributed by atoms with Gasteiger partial charge in [0.25, 0.3) is 0 Å². The molecule has 0 aromatic rings. The number of ether oxygens (including phenoxy) is 1. The molecule has 3 unspecified atom stereocenters. The van der Waals surface area contributed by atoms with Crippen LogP contribution in [0.1, 0.15) is 47.5 Å². The minimum atomic E-state index is 0.107. The second-order valence-electron chi connectivity index (χ2n) is 6.06. The van der Waals surface area contributed by atoms with Gasteiger partial charge < -0.3 is 10.1 Å². The molecule has 3 atom stereocenters. The smallest absolute Gasteiger partial charge is 0.0551 e. The van der Waals surface area contributed by atoms with Gasteiger partial charge in [-0.3, -0.25) is 0 Å². The van der Waals surface area contributed by atoms with E-state index in [9.17, 15) is 0 Å². The molecule has 0 saturated carbocycles. The Labute approximate surface area is 107 Å². The Morgan fingerprint density at radius 1 is 1.41 bits per heavy atom. The molecule has 0 radical (unpaired) electrons. The lowest BCUT2D eigenvalue weighted by Crippen LogP contribution is -2.36. The Morgan fingerprint density at radius 2 is 2.12 bits per heavy atom. The third-order valence-electron chi connectivity index (χ3n) is 3.05. The molecule has 0 bridgehead atoms. The first-order chi connectivity index (χ1) is 7.92. The molecule has 0 aromatic heterocycles. The lowest BCUT2D eigenvalue weighted by Gasteiger charge is -2.21. The Balaban J connectivity index is 2.51. The average molecular weight is 237 g/mol. The molecule has 98 valence electrons. The molecule has 1 heterocycles. The Bertz CT molecular complexity index is 282. The molecule has 2 nitrogen and oxygen atoms in total. The number of nitrogens with one attached hydrogen (secondary N) is 1. The van der Waals surface area contributed by atoms with Gasteiger partial charge >= 0.3 is 0 Å². The van der Waals surface area contributed by atoms with E-state index in [1.165, 1.54) is 0 Å². The van der Waals surface area contributed by atoms with Crippen LogP contribution in [0.4, 0.5) is 0 Å². The van der Waals surface area contributed by atoms with Gasteiger partial charge in [-0.1, -0.05) is 12.8 Å². The zero-order valence-electron chi connectivity index (χ0n) is 12.0. The third-order valence-corrected chi connectivity index (χ3v) is 3.05. The maximum atomic E-state index is 5.65. The molecule has 1 rings (SSSR count). The maximum Gasteiger partial charge on any atom is 0.0551 e. The van der Waals surface area contributed by atoms with Gasteiger partial charge in [0.05, 0.1) is 12.7 Å². The molecular weight excluding hydrogens is 210 g/mol. The van der Waals surface area contributed by atoms with Gasteiger partial charge in [0.1, 0.15) is 0 Å². The predicted octanol–water partition coefficient (Wildman–Crippen LogP) is 2.83. The van der Waals surface area contributed by atoms with Gasteiger partial charge in [-0.25, -0.2) is 0 Å². The van der Waals surface area contributed by atoms with Gasteiger partial charge in [-0.05, 0) is 40.7 Å². The van der Waals surface area contributed by atoms with Crippen LogP contribution in [0.2, 0.25) is 0 Å². The van der Waals surface area contributed by atoms with Crippen LogP contribution in [0.5, 0.6) is 0 Å². The predicted molar refractivity (Wildman–Crippen MR) is 72.8 cm³/mol. The van der Waals surface area contributed by atoms with Crippen LogP contribution >= 0.6 is 0 Å². The first-order valence-corrected chi connectivity index (χ1v) is 6.77. The maximum absolute atomic E-state index is 5.65. The van der Waals surface area contributed by atoms with E-state index in [0.717, 1.165) is 26.0 Å². The van der Waals surface area contributed by atoms with Crippen LogP contribution < -0.4 is 5.32 Å². The van der Waals surface area contributed by atoms with E-state index in [4.69, 9.17) is 4.74 Å². The molecular formula is C15H27NO. The summed E-state index contributed by atoms with van der Waals surface area (Å²) in [5.41, 5.74) is 0.107. The fourth-order valence-electron chi connectivity index (χ4n) is 2.22.